The zero-order chi connectivity index (χ0) is 14.5. The highest BCUT2D eigenvalue weighted by atomic mass is 79.9. The highest BCUT2D eigenvalue weighted by molar-refractivity contribution is 9.10. The molecule has 0 aliphatic carbocycles. The number of aliphatic hydroxyl groups is 1. The summed E-state index contributed by atoms with van der Waals surface area (Å²) >= 11 is 3.44. The van der Waals surface area contributed by atoms with E-state index >= 15 is 0 Å². The normalized spacial score (nSPS) is 12.8. The quantitative estimate of drug-likeness (QED) is 0.877. The Balaban J connectivity index is 2.02. The minimum atomic E-state index is -0.292. The number of rotatable bonds is 6. The lowest BCUT2D eigenvalue weighted by Gasteiger charge is -2.18. The number of halogens is 1. The van der Waals surface area contributed by atoms with Gasteiger partial charge in [0.05, 0.1) is 23.7 Å². The standard InChI is InChI=1S/C14H19BrN4O/c1-3-14(20)10-18(2)8-12-9-19(17-16-12)13-6-4-5-11(15)7-13/h4-7,9,14,20H,3,8,10H2,1-2H3/t14-/m0/s1. The molecule has 2 aromatic rings. The molecule has 108 valence electrons. The van der Waals surface area contributed by atoms with Crippen LogP contribution >= 0.6 is 15.9 Å². The molecule has 1 N–H and O–H groups in total. The lowest BCUT2D eigenvalue weighted by Crippen LogP contribution is -2.28. The van der Waals surface area contributed by atoms with E-state index in [0.717, 1.165) is 22.3 Å². The summed E-state index contributed by atoms with van der Waals surface area (Å²) in [5.74, 6) is 0. The molecule has 20 heavy (non-hydrogen) atoms. The van der Waals surface area contributed by atoms with E-state index in [9.17, 15) is 5.11 Å². The number of nitrogens with zero attached hydrogens (tertiary/aromatic N) is 4. The maximum absolute atomic E-state index is 9.63. The number of likely N-dealkylation sites (N-methyl/N-ethyl adjacent to an activating group) is 1. The highest BCUT2D eigenvalue weighted by Crippen LogP contribution is 2.15. The molecule has 0 unspecified atom stereocenters. The minimum absolute atomic E-state index is 0.292. The maximum Gasteiger partial charge on any atom is 0.0971 e. The molecule has 0 fully saturated rings. The van der Waals surface area contributed by atoms with Gasteiger partial charge in [-0.05, 0) is 31.7 Å². The summed E-state index contributed by atoms with van der Waals surface area (Å²) in [5, 5.41) is 17.9. The topological polar surface area (TPSA) is 54.2 Å². The van der Waals surface area contributed by atoms with Gasteiger partial charge in [0.25, 0.3) is 0 Å². The second-order valence-corrected chi connectivity index (χ2v) is 5.81. The number of aliphatic hydroxyl groups excluding tert-OH is 1. The van der Waals surface area contributed by atoms with Crippen molar-refractivity contribution in [3.63, 3.8) is 0 Å². The summed E-state index contributed by atoms with van der Waals surface area (Å²) in [5.41, 5.74) is 1.85. The fourth-order valence-electron chi connectivity index (χ4n) is 1.95. The Morgan fingerprint density at radius 1 is 1.45 bits per heavy atom. The second-order valence-electron chi connectivity index (χ2n) is 4.89. The van der Waals surface area contributed by atoms with Crippen LogP contribution in [0.4, 0.5) is 0 Å². The molecule has 0 radical (unpaired) electrons. The van der Waals surface area contributed by atoms with Gasteiger partial charge in [0.1, 0.15) is 0 Å². The van der Waals surface area contributed by atoms with Crippen molar-refractivity contribution in [3.8, 4) is 5.69 Å². The van der Waals surface area contributed by atoms with Crippen LogP contribution in [0, 0.1) is 0 Å². The van der Waals surface area contributed by atoms with Gasteiger partial charge in [0.15, 0.2) is 0 Å². The van der Waals surface area contributed by atoms with E-state index in [1.165, 1.54) is 0 Å². The van der Waals surface area contributed by atoms with Gasteiger partial charge in [-0.3, -0.25) is 4.90 Å². The van der Waals surface area contributed by atoms with Crippen molar-refractivity contribution in [1.29, 1.82) is 0 Å². The Kier molecular flexibility index (Phi) is 5.28. The maximum atomic E-state index is 9.63. The Labute approximate surface area is 127 Å². The number of aromatic nitrogens is 3. The Morgan fingerprint density at radius 2 is 2.25 bits per heavy atom. The smallest absolute Gasteiger partial charge is 0.0971 e. The lowest BCUT2D eigenvalue weighted by atomic mass is 10.2. The Bertz CT molecular complexity index is 558. The van der Waals surface area contributed by atoms with Crippen molar-refractivity contribution in [3.05, 3.63) is 40.6 Å². The predicted molar refractivity (Wildman–Crippen MR) is 81.7 cm³/mol. The third-order valence-corrected chi connectivity index (χ3v) is 3.53. The summed E-state index contributed by atoms with van der Waals surface area (Å²) in [4.78, 5) is 2.05. The van der Waals surface area contributed by atoms with Gasteiger partial charge < -0.3 is 5.11 Å². The van der Waals surface area contributed by atoms with Crippen molar-refractivity contribution in [1.82, 2.24) is 19.9 Å². The van der Waals surface area contributed by atoms with E-state index in [0.29, 0.717) is 13.1 Å². The van der Waals surface area contributed by atoms with Crippen LogP contribution in [-0.2, 0) is 6.54 Å². The minimum Gasteiger partial charge on any atom is -0.392 e. The van der Waals surface area contributed by atoms with E-state index < -0.39 is 0 Å². The molecule has 0 amide bonds. The van der Waals surface area contributed by atoms with E-state index in [1.807, 2.05) is 49.3 Å². The molecule has 0 aliphatic heterocycles. The zero-order valence-electron chi connectivity index (χ0n) is 11.7. The molecule has 1 aromatic carbocycles. The van der Waals surface area contributed by atoms with Gasteiger partial charge >= 0.3 is 0 Å². The monoisotopic (exact) mass is 338 g/mol. The second kappa shape index (κ2) is 6.97. The number of benzene rings is 1. The molecule has 0 saturated heterocycles. The van der Waals surface area contributed by atoms with E-state index in [-0.39, 0.29) is 6.10 Å². The van der Waals surface area contributed by atoms with Crippen molar-refractivity contribution < 1.29 is 5.11 Å². The van der Waals surface area contributed by atoms with Crippen LogP contribution in [-0.4, -0.2) is 44.7 Å². The summed E-state index contributed by atoms with van der Waals surface area (Å²) in [6.07, 6.45) is 2.38. The first kappa shape index (κ1) is 15.2. The van der Waals surface area contributed by atoms with Gasteiger partial charge in [-0.15, -0.1) is 5.10 Å². The van der Waals surface area contributed by atoms with Crippen LogP contribution in [0.3, 0.4) is 0 Å². The molecule has 2 rings (SSSR count). The largest absolute Gasteiger partial charge is 0.392 e. The summed E-state index contributed by atoms with van der Waals surface area (Å²) < 4.78 is 2.76. The zero-order valence-corrected chi connectivity index (χ0v) is 13.3. The molecule has 0 saturated carbocycles. The van der Waals surface area contributed by atoms with Crippen LogP contribution in [0.25, 0.3) is 5.69 Å². The fraction of sp³-hybridized carbons (Fsp3) is 0.429. The van der Waals surface area contributed by atoms with E-state index in [4.69, 9.17) is 0 Å². The van der Waals surface area contributed by atoms with Gasteiger partial charge in [-0.2, -0.15) is 0 Å². The molecule has 6 heteroatoms. The molecule has 1 aromatic heterocycles. The average molecular weight is 339 g/mol. The van der Waals surface area contributed by atoms with Gasteiger partial charge in [0.2, 0.25) is 0 Å². The van der Waals surface area contributed by atoms with E-state index in [2.05, 4.69) is 26.2 Å². The first-order valence-corrected chi connectivity index (χ1v) is 7.41. The third kappa shape index (κ3) is 4.13. The predicted octanol–water partition coefficient (Wildman–Crippen LogP) is 2.23. The summed E-state index contributed by atoms with van der Waals surface area (Å²) in [7, 11) is 1.97. The molecule has 0 bridgehead atoms. The van der Waals surface area contributed by atoms with Crippen LogP contribution < -0.4 is 0 Å². The van der Waals surface area contributed by atoms with E-state index in [1.54, 1.807) is 4.68 Å². The lowest BCUT2D eigenvalue weighted by molar-refractivity contribution is 0.119. The van der Waals surface area contributed by atoms with Gasteiger partial charge in [-0.1, -0.05) is 34.1 Å². The molecule has 0 aliphatic rings. The molecule has 1 atom stereocenters. The first-order valence-electron chi connectivity index (χ1n) is 6.62. The van der Waals surface area contributed by atoms with Crippen LogP contribution in [0.2, 0.25) is 0 Å². The molecule has 5 nitrogen and oxygen atoms in total. The molecule has 0 spiro atoms. The van der Waals surface area contributed by atoms with Crippen molar-refractivity contribution in [2.24, 2.45) is 0 Å². The van der Waals surface area contributed by atoms with Crippen molar-refractivity contribution in [2.45, 2.75) is 26.0 Å². The van der Waals surface area contributed by atoms with Crippen molar-refractivity contribution in [2.75, 3.05) is 13.6 Å². The third-order valence-electron chi connectivity index (χ3n) is 3.04. The van der Waals surface area contributed by atoms with Crippen LogP contribution in [0.5, 0.6) is 0 Å². The van der Waals surface area contributed by atoms with Crippen LogP contribution in [0.1, 0.15) is 19.0 Å². The average Bonchev–Trinajstić information content (AvgIpc) is 2.87. The van der Waals surface area contributed by atoms with Gasteiger partial charge in [-0.25, -0.2) is 4.68 Å². The Morgan fingerprint density at radius 3 is 2.95 bits per heavy atom. The summed E-state index contributed by atoms with van der Waals surface area (Å²) in [6, 6.07) is 7.91. The molecule has 1 heterocycles. The number of hydrogen-bond acceptors (Lipinski definition) is 4. The first-order chi connectivity index (χ1) is 9.58. The molecular formula is C14H19BrN4O. The molecular weight excluding hydrogens is 320 g/mol. The highest BCUT2D eigenvalue weighted by Gasteiger charge is 2.09. The summed E-state index contributed by atoms with van der Waals surface area (Å²) in [6.45, 7) is 3.29. The Hall–Kier alpha value is -1.24. The van der Waals surface area contributed by atoms with Gasteiger partial charge in [0, 0.05) is 17.6 Å². The van der Waals surface area contributed by atoms with Crippen LogP contribution in [0.15, 0.2) is 34.9 Å². The SMILES string of the molecule is CC[C@H](O)CN(C)Cc1cn(-c2cccc(Br)c2)nn1. The van der Waals surface area contributed by atoms with Crippen molar-refractivity contribution >= 4 is 15.9 Å². The fourth-order valence-corrected chi connectivity index (χ4v) is 2.33. The number of hydrogen-bond donors (Lipinski definition) is 1.